The van der Waals surface area contributed by atoms with Crippen molar-refractivity contribution in [2.45, 2.75) is 45.3 Å². The Kier molecular flexibility index (Phi) is 6.24. The maximum atomic E-state index is 9.61. The van der Waals surface area contributed by atoms with Crippen LogP contribution in [-0.2, 0) is 4.84 Å². The van der Waals surface area contributed by atoms with Gasteiger partial charge in [-0.3, -0.25) is 4.84 Å². The van der Waals surface area contributed by atoms with Crippen molar-refractivity contribution in [3.63, 3.8) is 0 Å². The maximum absolute atomic E-state index is 9.61. The summed E-state index contributed by atoms with van der Waals surface area (Å²) < 4.78 is 0. The topological polar surface area (TPSA) is 61.7 Å². The van der Waals surface area contributed by atoms with Gasteiger partial charge in [0.25, 0.3) is 0 Å². The molecule has 0 saturated heterocycles. The Morgan fingerprint density at radius 1 is 1.46 bits per heavy atom. The first-order valence-corrected chi connectivity index (χ1v) is 4.77. The summed E-state index contributed by atoms with van der Waals surface area (Å²) in [4.78, 5) is 4.92. The molecule has 4 nitrogen and oxygen atoms in total. The number of aliphatic hydroxyl groups excluding tert-OH is 1. The highest BCUT2D eigenvalue weighted by atomic mass is 16.6. The van der Waals surface area contributed by atoms with Crippen molar-refractivity contribution in [2.24, 2.45) is 0 Å². The molecule has 0 rings (SSSR count). The van der Waals surface area contributed by atoms with Crippen LogP contribution in [-0.4, -0.2) is 35.1 Å². The lowest BCUT2D eigenvalue weighted by molar-refractivity contribution is -0.0562. The highest BCUT2D eigenvalue weighted by molar-refractivity contribution is 4.74. The second-order valence-corrected chi connectivity index (χ2v) is 3.52. The van der Waals surface area contributed by atoms with E-state index in [9.17, 15) is 10.2 Å². The van der Waals surface area contributed by atoms with E-state index >= 15 is 0 Å². The third kappa shape index (κ3) is 6.95. The van der Waals surface area contributed by atoms with Crippen LogP contribution in [0.1, 0.15) is 33.6 Å². The molecule has 3 N–H and O–H groups in total. The molecule has 0 aliphatic carbocycles. The Bertz CT molecular complexity index is 128. The number of hydrogen-bond acceptors (Lipinski definition) is 4. The molecule has 80 valence electrons. The third-order valence-electron chi connectivity index (χ3n) is 1.96. The Labute approximate surface area is 79.9 Å². The SMILES string of the molecule is CCNOCC(O)CC(C)(O)CC. The second-order valence-electron chi connectivity index (χ2n) is 3.52. The van der Waals surface area contributed by atoms with Crippen molar-refractivity contribution in [1.82, 2.24) is 5.48 Å². The van der Waals surface area contributed by atoms with E-state index in [0.717, 1.165) is 0 Å². The van der Waals surface area contributed by atoms with E-state index in [1.165, 1.54) is 0 Å². The first kappa shape index (κ1) is 12.8. The summed E-state index contributed by atoms with van der Waals surface area (Å²) in [5.41, 5.74) is 1.84. The van der Waals surface area contributed by atoms with Crippen molar-refractivity contribution >= 4 is 0 Å². The molecule has 4 heteroatoms. The molecule has 0 bridgehead atoms. The lowest BCUT2D eigenvalue weighted by Gasteiger charge is -2.24. The van der Waals surface area contributed by atoms with Crippen LogP contribution in [0.4, 0.5) is 0 Å². The summed E-state index contributed by atoms with van der Waals surface area (Å²) in [5, 5.41) is 19.0. The minimum Gasteiger partial charge on any atom is -0.391 e. The Morgan fingerprint density at radius 2 is 2.08 bits per heavy atom. The molecule has 0 aromatic rings. The summed E-state index contributed by atoms with van der Waals surface area (Å²) >= 11 is 0. The second kappa shape index (κ2) is 6.32. The van der Waals surface area contributed by atoms with Crippen molar-refractivity contribution in [1.29, 1.82) is 0 Å². The van der Waals surface area contributed by atoms with Crippen LogP contribution >= 0.6 is 0 Å². The number of hydroxylamine groups is 1. The van der Waals surface area contributed by atoms with Gasteiger partial charge in [-0.2, -0.15) is 0 Å². The van der Waals surface area contributed by atoms with Gasteiger partial charge in [0.15, 0.2) is 0 Å². The number of hydrogen-bond donors (Lipinski definition) is 3. The zero-order valence-corrected chi connectivity index (χ0v) is 8.71. The van der Waals surface area contributed by atoms with Crippen molar-refractivity contribution < 1.29 is 15.1 Å². The van der Waals surface area contributed by atoms with Gasteiger partial charge in [-0.05, 0) is 13.3 Å². The third-order valence-corrected chi connectivity index (χ3v) is 1.96. The number of nitrogens with one attached hydrogen (secondary N) is 1. The van der Waals surface area contributed by atoms with Crippen LogP contribution in [0.15, 0.2) is 0 Å². The van der Waals surface area contributed by atoms with Crippen molar-refractivity contribution in [3.05, 3.63) is 0 Å². The molecule has 0 heterocycles. The minimum absolute atomic E-state index is 0.212. The highest BCUT2D eigenvalue weighted by Gasteiger charge is 2.22. The largest absolute Gasteiger partial charge is 0.391 e. The predicted molar refractivity (Wildman–Crippen MR) is 51.2 cm³/mol. The lowest BCUT2D eigenvalue weighted by atomic mass is 9.96. The van der Waals surface area contributed by atoms with E-state index < -0.39 is 11.7 Å². The standard InChI is InChI=1S/C9H21NO3/c1-4-9(3,12)6-8(11)7-13-10-5-2/h8,10-12H,4-7H2,1-3H3. The first-order chi connectivity index (χ1) is 6.02. The number of aliphatic hydroxyl groups is 2. The highest BCUT2D eigenvalue weighted by Crippen LogP contribution is 2.15. The summed E-state index contributed by atoms with van der Waals surface area (Å²) in [5.74, 6) is 0. The lowest BCUT2D eigenvalue weighted by Crippen LogP contribution is -2.33. The zero-order chi connectivity index (χ0) is 10.3. The minimum atomic E-state index is -0.797. The molecule has 2 unspecified atom stereocenters. The van der Waals surface area contributed by atoms with E-state index in [1.54, 1.807) is 6.92 Å². The molecular weight excluding hydrogens is 170 g/mol. The van der Waals surface area contributed by atoms with Crippen molar-refractivity contribution in [2.75, 3.05) is 13.2 Å². The van der Waals surface area contributed by atoms with Gasteiger partial charge in [0, 0.05) is 13.0 Å². The van der Waals surface area contributed by atoms with Gasteiger partial charge >= 0.3 is 0 Å². The maximum Gasteiger partial charge on any atom is 0.0942 e. The van der Waals surface area contributed by atoms with E-state index in [4.69, 9.17) is 4.84 Å². The quantitative estimate of drug-likeness (QED) is 0.403. The zero-order valence-electron chi connectivity index (χ0n) is 8.71. The molecule has 0 aliphatic heterocycles. The van der Waals surface area contributed by atoms with Gasteiger partial charge in [-0.1, -0.05) is 13.8 Å². The summed E-state index contributed by atoms with van der Waals surface area (Å²) in [7, 11) is 0. The van der Waals surface area contributed by atoms with E-state index in [2.05, 4.69) is 5.48 Å². The van der Waals surface area contributed by atoms with Crippen LogP contribution in [0.3, 0.4) is 0 Å². The van der Waals surface area contributed by atoms with E-state index in [-0.39, 0.29) is 6.61 Å². The van der Waals surface area contributed by atoms with Crippen LogP contribution in [0.25, 0.3) is 0 Å². The fraction of sp³-hybridized carbons (Fsp3) is 1.00. The molecule has 0 spiro atoms. The molecule has 0 saturated carbocycles. The summed E-state index contributed by atoms with van der Waals surface area (Å²) in [6, 6.07) is 0. The van der Waals surface area contributed by atoms with Gasteiger partial charge < -0.3 is 10.2 Å². The smallest absolute Gasteiger partial charge is 0.0942 e. The van der Waals surface area contributed by atoms with Gasteiger partial charge in [0.05, 0.1) is 18.3 Å². The van der Waals surface area contributed by atoms with Gasteiger partial charge in [-0.25, -0.2) is 5.48 Å². The fourth-order valence-corrected chi connectivity index (χ4v) is 0.968. The molecule has 0 fully saturated rings. The van der Waals surface area contributed by atoms with Gasteiger partial charge in [-0.15, -0.1) is 0 Å². The van der Waals surface area contributed by atoms with Crippen molar-refractivity contribution in [3.8, 4) is 0 Å². The van der Waals surface area contributed by atoms with Crippen LogP contribution in [0.2, 0.25) is 0 Å². The molecule has 0 amide bonds. The van der Waals surface area contributed by atoms with E-state index in [1.807, 2.05) is 13.8 Å². The summed E-state index contributed by atoms with van der Waals surface area (Å²) in [6.07, 6.45) is 0.356. The average molecular weight is 191 g/mol. The van der Waals surface area contributed by atoms with Gasteiger partial charge in [0.2, 0.25) is 0 Å². The summed E-state index contributed by atoms with van der Waals surface area (Å²) in [6.45, 7) is 6.43. The number of rotatable bonds is 7. The average Bonchev–Trinajstić information content (AvgIpc) is 2.04. The fourth-order valence-electron chi connectivity index (χ4n) is 0.968. The van der Waals surface area contributed by atoms with Crippen LogP contribution in [0.5, 0.6) is 0 Å². The molecule has 0 aromatic heterocycles. The molecule has 2 atom stereocenters. The van der Waals surface area contributed by atoms with Gasteiger partial charge in [0.1, 0.15) is 0 Å². The molecule has 0 radical (unpaired) electrons. The Morgan fingerprint density at radius 3 is 2.54 bits per heavy atom. The molecule has 0 aliphatic rings. The first-order valence-electron chi connectivity index (χ1n) is 4.77. The van der Waals surface area contributed by atoms with Crippen LogP contribution < -0.4 is 5.48 Å². The predicted octanol–water partition coefficient (Wildman–Crippen LogP) is 0.439. The monoisotopic (exact) mass is 191 g/mol. The Hall–Kier alpha value is -0.160. The molecule has 13 heavy (non-hydrogen) atoms. The normalized spacial score (nSPS) is 18.2. The molecular formula is C9H21NO3. The molecule has 0 aromatic carbocycles. The van der Waals surface area contributed by atoms with E-state index in [0.29, 0.717) is 19.4 Å². The van der Waals surface area contributed by atoms with Crippen LogP contribution in [0, 0.1) is 0 Å². The Balaban J connectivity index is 3.55.